The largest absolute Gasteiger partial charge is 0.288 e. The normalized spacial score (nSPS) is 14.5. The summed E-state index contributed by atoms with van der Waals surface area (Å²) in [5.41, 5.74) is 1.15. The van der Waals surface area contributed by atoms with E-state index in [1.165, 1.54) is 35.8 Å². The van der Waals surface area contributed by atoms with Crippen LogP contribution >= 0.6 is 0 Å². The molecular formula is C15H14N2O4S. The zero-order valence-corrected chi connectivity index (χ0v) is 11.9. The molecule has 7 heteroatoms. The average Bonchev–Trinajstić information content (AvgIpc) is 2.66. The smallest absolute Gasteiger partial charge is 0.267 e. The molecule has 0 aromatic heterocycles. The van der Waals surface area contributed by atoms with E-state index in [-0.39, 0.29) is 4.90 Å². The summed E-state index contributed by atoms with van der Waals surface area (Å²) in [6, 6.07) is 2.01. The van der Waals surface area contributed by atoms with Crippen LogP contribution in [0.1, 0.15) is 12.4 Å². The maximum atomic E-state index is 12.6. The highest BCUT2D eigenvalue weighted by atomic mass is 32.2. The number of benzene rings is 2. The molecule has 0 fully saturated rings. The topological polar surface area (TPSA) is 95.5 Å². The number of hydrogen-bond acceptors (Lipinski definition) is 4. The quantitative estimate of drug-likeness (QED) is 0.445. The molecule has 6 nitrogen and oxygen atoms in total. The summed E-state index contributed by atoms with van der Waals surface area (Å²) >= 11 is 0. The molecule has 0 radical (unpaired) electrons. The van der Waals surface area contributed by atoms with Crippen LogP contribution in [0.15, 0.2) is 65.4 Å². The summed E-state index contributed by atoms with van der Waals surface area (Å²) in [5.74, 6) is -0.805. The third-order valence-electron chi connectivity index (χ3n) is 2.44. The molecule has 2 rings (SSSR count). The van der Waals surface area contributed by atoms with Crippen molar-refractivity contribution in [3.05, 3.63) is 66.1 Å². The van der Waals surface area contributed by atoms with E-state index in [1.807, 2.05) is 4.72 Å². The lowest BCUT2D eigenvalue weighted by atomic mass is 10.2. The van der Waals surface area contributed by atoms with Gasteiger partial charge in [-0.3, -0.25) is 14.7 Å². The molecule has 2 aromatic carbocycles. The van der Waals surface area contributed by atoms with Gasteiger partial charge in [0.15, 0.2) is 0 Å². The number of anilines is 1. The Hall–Kier alpha value is -2.64. The average molecular weight is 323 g/mol. The Morgan fingerprint density at radius 3 is 2.64 bits per heavy atom. The van der Waals surface area contributed by atoms with Gasteiger partial charge in [0, 0.05) is 11.8 Å². The Balaban J connectivity index is 2.44. The molecule has 22 heavy (non-hydrogen) atoms. The maximum absolute atomic E-state index is 12.6. The molecule has 0 unspecified atom stereocenters. The van der Waals surface area contributed by atoms with Gasteiger partial charge < -0.3 is 0 Å². The van der Waals surface area contributed by atoms with Crippen molar-refractivity contribution in [2.75, 3.05) is 4.72 Å². The van der Waals surface area contributed by atoms with Crippen LogP contribution < -0.4 is 10.2 Å². The summed E-state index contributed by atoms with van der Waals surface area (Å²) in [4.78, 5) is 10.8. The van der Waals surface area contributed by atoms with E-state index in [4.69, 9.17) is 12.1 Å². The van der Waals surface area contributed by atoms with Gasteiger partial charge in [-0.1, -0.05) is 30.3 Å². The number of carbonyl (C=O) groups excluding carboxylic acids is 1. The van der Waals surface area contributed by atoms with Gasteiger partial charge >= 0.3 is 0 Å². The molecule has 0 atom stereocenters. The predicted octanol–water partition coefficient (Wildman–Crippen LogP) is 2.01. The standard InChI is InChI=1S/C15H14N2O4S/c18-15(16-19)10-9-12-5-4-8-14(11-12)22(20,21)17-13-6-2-1-3-7-13/h1-11,17,19H,(H,16,18)/b10-9+/i1D,2D,3D,6D,7D. The number of hydroxylamine groups is 1. The Morgan fingerprint density at radius 2 is 1.95 bits per heavy atom. The second-order valence-electron chi connectivity index (χ2n) is 3.99. The number of rotatable bonds is 5. The first-order valence-electron chi connectivity index (χ1n) is 8.40. The fraction of sp³-hybridized carbons (Fsp3) is 0. The van der Waals surface area contributed by atoms with Crippen molar-refractivity contribution in [1.82, 2.24) is 5.48 Å². The van der Waals surface area contributed by atoms with Crippen molar-refractivity contribution >= 4 is 27.7 Å². The number of para-hydroxylation sites is 1. The fourth-order valence-electron chi connectivity index (χ4n) is 1.49. The van der Waals surface area contributed by atoms with Crippen LogP contribution in [0, 0.1) is 0 Å². The van der Waals surface area contributed by atoms with Gasteiger partial charge in [-0.15, -0.1) is 0 Å². The number of nitrogens with one attached hydrogen (secondary N) is 2. The Labute approximate surface area is 135 Å². The second-order valence-corrected chi connectivity index (χ2v) is 5.67. The zero-order valence-electron chi connectivity index (χ0n) is 16.0. The zero-order chi connectivity index (χ0) is 20.4. The van der Waals surface area contributed by atoms with E-state index in [9.17, 15) is 13.2 Å². The highest BCUT2D eigenvalue weighted by Gasteiger charge is 2.13. The number of amides is 1. The van der Waals surface area contributed by atoms with Crippen LogP contribution in [-0.4, -0.2) is 19.5 Å². The van der Waals surface area contributed by atoms with E-state index in [2.05, 4.69) is 0 Å². The Morgan fingerprint density at radius 1 is 1.23 bits per heavy atom. The summed E-state index contributed by atoms with van der Waals surface area (Å²) in [6.45, 7) is 0. The molecule has 0 aliphatic rings. The molecule has 114 valence electrons. The summed E-state index contributed by atoms with van der Waals surface area (Å²) in [5, 5.41) is 8.44. The van der Waals surface area contributed by atoms with Crippen LogP contribution in [0.4, 0.5) is 5.69 Å². The van der Waals surface area contributed by atoms with Gasteiger partial charge in [0.25, 0.3) is 15.9 Å². The number of sulfonamides is 1. The van der Waals surface area contributed by atoms with Crippen molar-refractivity contribution in [3.63, 3.8) is 0 Å². The molecular weight excluding hydrogens is 304 g/mol. The van der Waals surface area contributed by atoms with Gasteiger partial charge in [0.2, 0.25) is 0 Å². The lowest BCUT2D eigenvalue weighted by molar-refractivity contribution is -0.124. The summed E-state index contributed by atoms with van der Waals surface area (Å²) < 4.78 is 65.4. The number of hydrogen-bond donors (Lipinski definition) is 3. The van der Waals surface area contributed by atoms with E-state index >= 15 is 0 Å². The Kier molecular flexibility index (Phi) is 3.17. The van der Waals surface area contributed by atoms with E-state index in [1.54, 1.807) is 0 Å². The van der Waals surface area contributed by atoms with Gasteiger partial charge in [-0.25, -0.2) is 13.9 Å². The molecule has 0 saturated carbocycles. The van der Waals surface area contributed by atoms with E-state index in [0.717, 1.165) is 6.08 Å². The second kappa shape index (κ2) is 6.88. The molecule has 2 aromatic rings. The first-order chi connectivity index (χ1) is 12.6. The number of carbonyl (C=O) groups is 1. The van der Waals surface area contributed by atoms with Gasteiger partial charge in [-0.05, 0) is 35.9 Å². The predicted molar refractivity (Wildman–Crippen MR) is 82.7 cm³/mol. The van der Waals surface area contributed by atoms with Crippen molar-refractivity contribution < 1.29 is 25.3 Å². The Bertz CT molecular complexity index is 1010. The van der Waals surface area contributed by atoms with Crippen molar-refractivity contribution in [2.45, 2.75) is 4.90 Å². The SMILES string of the molecule is [2H]c1c([2H])c([2H])c(NS(=O)(=O)c2cccc(/C=C/C(=O)NO)c2)c([2H])c1[2H]. The van der Waals surface area contributed by atoms with Crippen LogP contribution in [0.3, 0.4) is 0 Å². The van der Waals surface area contributed by atoms with Crippen molar-refractivity contribution in [1.29, 1.82) is 0 Å². The third kappa shape index (κ3) is 4.18. The van der Waals surface area contributed by atoms with Crippen LogP contribution in [0.2, 0.25) is 0 Å². The minimum absolute atomic E-state index is 0.249. The highest BCUT2D eigenvalue weighted by Crippen LogP contribution is 2.17. The summed E-state index contributed by atoms with van der Waals surface area (Å²) in [6.07, 6.45) is 2.24. The first-order valence-corrected chi connectivity index (χ1v) is 7.38. The molecule has 0 bridgehead atoms. The van der Waals surface area contributed by atoms with E-state index in [0.29, 0.717) is 5.56 Å². The molecule has 0 saturated heterocycles. The summed E-state index contributed by atoms with van der Waals surface area (Å²) in [7, 11) is -4.27. The van der Waals surface area contributed by atoms with Crippen molar-refractivity contribution in [3.8, 4) is 0 Å². The van der Waals surface area contributed by atoms with Gasteiger partial charge in [-0.2, -0.15) is 0 Å². The minimum atomic E-state index is -4.27. The minimum Gasteiger partial charge on any atom is -0.288 e. The lowest BCUT2D eigenvalue weighted by Gasteiger charge is -2.08. The molecule has 0 aliphatic carbocycles. The molecule has 3 N–H and O–H groups in total. The lowest BCUT2D eigenvalue weighted by Crippen LogP contribution is -2.15. The van der Waals surface area contributed by atoms with Crippen LogP contribution in [0.5, 0.6) is 0 Å². The van der Waals surface area contributed by atoms with Gasteiger partial charge in [0.1, 0.15) is 0 Å². The van der Waals surface area contributed by atoms with E-state index < -0.39 is 51.8 Å². The van der Waals surface area contributed by atoms with Crippen LogP contribution in [0.25, 0.3) is 6.08 Å². The van der Waals surface area contributed by atoms with Gasteiger partial charge in [0.05, 0.1) is 11.7 Å². The monoisotopic (exact) mass is 323 g/mol. The molecule has 1 amide bonds. The van der Waals surface area contributed by atoms with Crippen molar-refractivity contribution in [2.24, 2.45) is 0 Å². The molecule has 0 heterocycles. The molecule has 0 aliphatic heterocycles. The third-order valence-corrected chi connectivity index (χ3v) is 3.79. The fourth-order valence-corrected chi connectivity index (χ4v) is 2.53. The highest BCUT2D eigenvalue weighted by molar-refractivity contribution is 7.92. The molecule has 0 spiro atoms. The first kappa shape index (κ1) is 10.1. The maximum Gasteiger partial charge on any atom is 0.267 e. The van der Waals surface area contributed by atoms with Crippen LogP contribution in [-0.2, 0) is 14.8 Å².